The van der Waals surface area contributed by atoms with Crippen molar-refractivity contribution >= 4 is 18.1 Å². The number of aromatic carboxylic acids is 1. The highest BCUT2D eigenvalue weighted by Crippen LogP contribution is 2.12. The van der Waals surface area contributed by atoms with Gasteiger partial charge in [0.25, 0.3) is 0 Å². The van der Waals surface area contributed by atoms with Gasteiger partial charge in [-0.05, 0) is 29.8 Å². The van der Waals surface area contributed by atoms with Crippen molar-refractivity contribution in [2.75, 3.05) is 0 Å². The average molecular weight is 230 g/mol. The summed E-state index contributed by atoms with van der Waals surface area (Å²) in [5.41, 5.74) is 1.49. The summed E-state index contributed by atoms with van der Waals surface area (Å²) in [6.45, 7) is 0. The highest BCUT2D eigenvalue weighted by atomic mass is 16.4. The number of benzene rings is 1. The van der Waals surface area contributed by atoms with Crippen molar-refractivity contribution in [2.45, 2.75) is 0 Å². The number of phenols is 1. The summed E-state index contributed by atoms with van der Waals surface area (Å²) in [5, 5.41) is 24.0. The van der Waals surface area contributed by atoms with E-state index in [0.717, 1.165) is 5.56 Å². The molecule has 0 atom stereocenters. The molecule has 86 valence electrons. The minimum atomic E-state index is -1.06. The van der Waals surface area contributed by atoms with Crippen molar-refractivity contribution in [3.05, 3.63) is 47.3 Å². The lowest BCUT2D eigenvalue weighted by atomic mass is 10.2. The van der Waals surface area contributed by atoms with E-state index in [1.165, 1.54) is 6.07 Å². The van der Waals surface area contributed by atoms with Crippen molar-refractivity contribution in [1.29, 1.82) is 0 Å². The van der Waals surface area contributed by atoms with E-state index in [2.05, 4.69) is 10.2 Å². The first-order valence-corrected chi connectivity index (χ1v) is 4.91. The van der Waals surface area contributed by atoms with Crippen LogP contribution in [0.5, 0.6) is 5.75 Å². The molecule has 0 amide bonds. The Labute approximate surface area is 97.0 Å². The third-order valence-electron chi connectivity index (χ3n) is 2.17. The molecule has 0 spiro atoms. The van der Waals surface area contributed by atoms with Crippen molar-refractivity contribution in [3.63, 3.8) is 0 Å². The van der Waals surface area contributed by atoms with Crippen LogP contribution in [0.25, 0.3) is 12.2 Å². The van der Waals surface area contributed by atoms with E-state index >= 15 is 0 Å². The zero-order valence-corrected chi connectivity index (χ0v) is 8.79. The van der Waals surface area contributed by atoms with Crippen molar-refractivity contribution in [2.24, 2.45) is 0 Å². The van der Waals surface area contributed by atoms with Gasteiger partial charge in [-0.2, -0.15) is 5.10 Å². The van der Waals surface area contributed by atoms with Gasteiger partial charge in [-0.25, -0.2) is 4.79 Å². The molecule has 1 aromatic carbocycles. The second-order valence-corrected chi connectivity index (χ2v) is 3.44. The summed E-state index contributed by atoms with van der Waals surface area (Å²) in [7, 11) is 0. The second-order valence-electron chi connectivity index (χ2n) is 3.44. The van der Waals surface area contributed by atoms with Gasteiger partial charge in [0.1, 0.15) is 5.75 Å². The number of phenolic OH excluding ortho intramolecular Hbond substituents is 1. The third kappa shape index (κ3) is 2.72. The molecule has 1 heterocycles. The topological polar surface area (TPSA) is 86.2 Å². The molecule has 3 N–H and O–H groups in total. The van der Waals surface area contributed by atoms with Crippen molar-refractivity contribution < 1.29 is 15.0 Å². The van der Waals surface area contributed by atoms with Crippen LogP contribution in [-0.2, 0) is 0 Å². The number of H-pyrrole nitrogens is 1. The van der Waals surface area contributed by atoms with Crippen LogP contribution >= 0.6 is 0 Å². The Balaban J connectivity index is 2.14. The van der Waals surface area contributed by atoms with Crippen LogP contribution in [0.2, 0.25) is 0 Å². The van der Waals surface area contributed by atoms with Crippen LogP contribution in [0.3, 0.4) is 0 Å². The van der Waals surface area contributed by atoms with E-state index in [-0.39, 0.29) is 11.4 Å². The molecule has 5 nitrogen and oxygen atoms in total. The van der Waals surface area contributed by atoms with E-state index in [1.54, 1.807) is 36.4 Å². The molecular formula is C12H10N2O3. The molecule has 0 saturated carbocycles. The normalized spacial score (nSPS) is 10.8. The van der Waals surface area contributed by atoms with Crippen molar-refractivity contribution in [1.82, 2.24) is 10.2 Å². The highest BCUT2D eigenvalue weighted by Gasteiger charge is 2.05. The predicted molar refractivity (Wildman–Crippen MR) is 62.6 cm³/mol. The van der Waals surface area contributed by atoms with Gasteiger partial charge < -0.3 is 10.2 Å². The molecule has 0 aliphatic heterocycles. The number of hydrogen-bond donors (Lipinski definition) is 3. The SMILES string of the molecule is O=C(O)c1cc(C=Cc2ccc(O)cc2)[nH]n1. The highest BCUT2D eigenvalue weighted by molar-refractivity contribution is 5.86. The third-order valence-corrected chi connectivity index (χ3v) is 2.17. The number of carbonyl (C=O) groups is 1. The van der Waals surface area contributed by atoms with Crippen LogP contribution < -0.4 is 0 Å². The Kier molecular flexibility index (Phi) is 2.91. The molecule has 0 radical (unpaired) electrons. The molecule has 0 saturated heterocycles. The molecule has 2 aromatic rings. The molecule has 17 heavy (non-hydrogen) atoms. The van der Waals surface area contributed by atoms with Crippen molar-refractivity contribution in [3.8, 4) is 5.75 Å². The number of hydrogen-bond acceptors (Lipinski definition) is 3. The first-order chi connectivity index (χ1) is 8.15. The van der Waals surface area contributed by atoms with Gasteiger partial charge in [-0.15, -0.1) is 0 Å². The Morgan fingerprint density at radius 2 is 1.94 bits per heavy atom. The molecule has 5 heteroatoms. The zero-order valence-electron chi connectivity index (χ0n) is 8.79. The maximum absolute atomic E-state index is 10.6. The average Bonchev–Trinajstić information content (AvgIpc) is 2.77. The summed E-state index contributed by atoms with van der Waals surface area (Å²) in [4.78, 5) is 10.6. The summed E-state index contributed by atoms with van der Waals surface area (Å²) < 4.78 is 0. The number of nitrogens with one attached hydrogen (secondary N) is 1. The van der Waals surface area contributed by atoms with E-state index in [4.69, 9.17) is 10.2 Å². The van der Waals surface area contributed by atoms with Crippen LogP contribution in [0.4, 0.5) is 0 Å². The molecule has 0 aliphatic rings. The number of carboxylic acids is 1. The van der Waals surface area contributed by atoms with Gasteiger partial charge in [0, 0.05) is 0 Å². The summed E-state index contributed by atoms with van der Waals surface area (Å²) in [6.07, 6.45) is 3.50. The molecular weight excluding hydrogens is 220 g/mol. The maximum atomic E-state index is 10.6. The quantitative estimate of drug-likeness (QED) is 0.752. The summed E-state index contributed by atoms with van der Waals surface area (Å²) >= 11 is 0. The number of nitrogens with zero attached hydrogens (tertiary/aromatic N) is 1. The number of carboxylic acid groups (broad SMARTS) is 1. The Morgan fingerprint density at radius 3 is 2.53 bits per heavy atom. The van der Waals surface area contributed by atoms with Gasteiger partial charge in [0.05, 0.1) is 5.69 Å². The molecule has 0 aliphatic carbocycles. The van der Waals surface area contributed by atoms with E-state index < -0.39 is 5.97 Å². The predicted octanol–water partition coefficient (Wildman–Crippen LogP) is 1.98. The fraction of sp³-hybridized carbons (Fsp3) is 0. The Morgan fingerprint density at radius 1 is 1.24 bits per heavy atom. The smallest absolute Gasteiger partial charge is 0.356 e. The Bertz CT molecular complexity index is 555. The molecule has 0 bridgehead atoms. The fourth-order valence-electron chi connectivity index (χ4n) is 1.30. The van der Waals surface area contributed by atoms with Gasteiger partial charge in [-0.3, -0.25) is 5.10 Å². The van der Waals surface area contributed by atoms with Gasteiger partial charge in [0.15, 0.2) is 5.69 Å². The van der Waals surface area contributed by atoms with E-state index in [9.17, 15) is 4.79 Å². The van der Waals surface area contributed by atoms with Crippen LogP contribution in [0.1, 0.15) is 21.7 Å². The number of aromatic hydroxyl groups is 1. The lowest BCUT2D eigenvalue weighted by Crippen LogP contribution is -1.95. The van der Waals surface area contributed by atoms with Gasteiger partial charge in [-0.1, -0.05) is 18.2 Å². The Hall–Kier alpha value is -2.56. The second kappa shape index (κ2) is 4.52. The number of aromatic amines is 1. The lowest BCUT2D eigenvalue weighted by Gasteiger charge is -1.93. The number of aromatic nitrogens is 2. The fourth-order valence-corrected chi connectivity index (χ4v) is 1.30. The molecule has 1 aromatic heterocycles. The van der Waals surface area contributed by atoms with Crippen LogP contribution in [0, 0.1) is 0 Å². The molecule has 2 rings (SSSR count). The van der Waals surface area contributed by atoms with E-state index in [1.807, 2.05) is 0 Å². The minimum Gasteiger partial charge on any atom is -0.508 e. The van der Waals surface area contributed by atoms with Crippen LogP contribution in [0.15, 0.2) is 30.3 Å². The number of rotatable bonds is 3. The summed E-state index contributed by atoms with van der Waals surface area (Å²) in [5.74, 6) is -0.859. The molecule has 0 unspecified atom stereocenters. The first kappa shape index (κ1) is 10.9. The summed E-state index contributed by atoms with van der Waals surface area (Å²) in [6, 6.07) is 8.10. The van der Waals surface area contributed by atoms with Gasteiger partial charge in [0.2, 0.25) is 0 Å². The standard InChI is InChI=1S/C12H10N2O3/c15-10-5-2-8(3-6-10)1-4-9-7-11(12(16)17)14-13-9/h1-7,15H,(H,13,14)(H,16,17). The van der Waals surface area contributed by atoms with Crippen LogP contribution in [-0.4, -0.2) is 26.4 Å². The van der Waals surface area contributed by atoms with Gasteiger partial charge >= 0.3 is 5.97 Å². The monoisotopic (exact) mass is 230 g/mol. The minimum absolute atomic E-state index is 0.0182. The lowest BCUT2D eigenvalue weighted by molar-refractivity contribution is 0.0690. The maximum Gasteiger partial charge on any atom is 0.356 e. The molecule has 0 fully saturated rings. The zero-order chi connectivity index (χ0) is 12.3. The first-order valence-electron chi connectivity index (χ1n) is 4.91. The largest absolute Gasteiger partial charge is 0.508 e. The van der Waals surface area contributed by atoms with E-state index in [0.29, 0.717) is 5.69 Å².